The number of Topliss-reactive ketones (excluding diaryl/α,β-unsaturated/α-hetero) is 4. The lowest BCUT2D eigenvalue weighted by atomic mass is 9.87. The Morgan fingerprint density at radius 2 is 0.637 bits per heavy atom. The molecule has 5 aliphatic heterocycles. The molecule has 5 aliphatic rings. The zero-order valence-electron chi connectivity index (χ0n) is 54.0. The molecule has 8 aromatic rings. The summed E-state index contributed by atoms with van der Waals surface area (Å²) in [5.74, 6) is -0.752. The number of halogens is 8. The molecule has 1 saturated heterocycles. The fraction of sp³-hybridized carbons (Fsp3) is 0.208. The smallest absolute Gasteiger partial charge is 0.261 e. The molecule has 4 amide bonds. The Bertz CT molecular complexity index is 4780. The topological polar surface area (TPSA) is 320 Å². The summed E-state index contributed by atoms with van der Waals surface area (Å²) >= 11 is 48.7. The Balaban J connectivity index is 0.000000146. The number of anilines is 5. The molecule has 0 spiro atoms. The summed E-state index contributed by atoms with van der Waals surface area (Å²) in [6.45, 7) is 6.16. The second-order valence-corrected chi connectivity index (χ2v) is 32.7. The molecule has 102 heavy (non-hydrogen) atoms. The first-order chi connectivity index (χ1) is 47.7. The van der Waals surface area contributed by atoms with Crippen LogP contribution in [0.2, 0.25) is 40.2 Å². The van der Waals surface area contributed by atoms with Crippen LogP contribution in [0, 0.1) is 0 Å². The third-order valence-electron chi connectivity index (χ3n) is 17.4. The van der Waals surface area contributed by atoms with Gasteiger partial charge in [0.25, 0.3) is 23.6 Å². The van der Waals surface area contributed by atoms with Crippen LogP contribution >= 0.6 is 92.8 Å². The maximum Gasteiger partial charge on any atom is 0.261 e. The second-order valence-electron chi connectivity index (χ2n) is 24.9. The highest BCUT2D eigenvalue weighted by Gasteiger charge is 2.53. The molecule has 30 heteroatoms. The fourth-order valence-electron chi connectivity index (χ4n) is 11.7. The van der Waals surface area contributed by atoms with Gasteiger partial charge in [-0.05, 0) is 124 Å². The van der Waals surface area contributed by atoms with Crippen LogP contribution in [0.4, 0.5) is 28.4 Å². The summed E-state index contributed by atoms with van der Waals surface area (Å²) in [7, 11) is -5.79. The number of fused-ring (bicyclic) bond motifs is 4. The van der Waals surface area contributed by atoms with E-state index in [1.54, 1.807) is 36.4 Å². The molecule has 20 nitrogen and oxygen atoms in total. The lowest BCUT2D eigenvalue weighted by Crippen LogP contribution is -2.36. The van der Waals surface area contributed by atoms with Crippen molar-refractivity contribution in [1.82, 2.24) is 0 Å². The summed E-state index contributed by atoms with van der Waals surface area (Å²) in [5.41, 5.74) is -3.57. The molecule has 0 bridgehead atoms. The molecule has 8 N–H and O–H groups in total. The number of hydrogen-bond donors (Lipinski definition) is 8. The zero-order valence-corrected chi connectivity index (χ0v) is 61.6. The molecule has 1 fully saturated rings. The quantitative estimate of drug-likeness (QED) is 0.0253. The van der Waals surface area contributed by atoms with E-state index >= 15 is 0 Å². The first-order valence-electron chi connectivity index (χ1n) is 30.6. The minimum atomic E-state index is -3.40. The van der Waals surface area contributed by atoms with E-state index in [0.29, 0.717) is 21.9 Å². The first-order valence-corrected chi connectivity index (χ1v) is 37.7. The minimum absolute atomic E-state index is 0.0535. The predicted octanol–water partition coefficient (Wildman–Crippen LogP) is 13.7. The van der Waals surface area contributed by atoms with Gasteiger partial charge in [-0.1, -0.05) is 155 Å². The highest BCUT2D eigenvalue weighted by molar-refractivity contribution is 7.99. The molecule has 0 aliphatic carbocycles. The first kappa shape index (κ1) is 76.9. The molecule has 5 heterocycles. The van der Waals surface area contributed by atoms with Crippen LogP contribution in [0.5, 0.6) is 0 Å². The van der Waals surface area contributed by atoms with E-state index in [4.69, 9.17) is 92.8 Å². The summed E-state index contributed by atoms with van der Waals surface area (Å²) in [6, 6.07) is 37.5. The monoisotopic (exact) mass is 1580 g/mol. The molecule has 5 unspecified atom stereocenters. The van der Waals surface area contributed by atoms with Gasteiger partial charge in [0.2, 0.25) is 0 Å². The number of hydrogen-bond acceptors (Lipinski definition) is 16. The Hall–Kier alpha value is -7.75. The van der Waals surface area contributed by atoms with Crippen molar-refractivity contribution in [2.45, 2.75) is 77.6 Å². The molecular formula is C72H59Cl8N5O15S2. The minimum Gasteiger partial charge on any atom is -0.375 e. The maximum absolute atomic E-state index is 12.6. The van der Waals surface area contributed by atoms with Gasteiger partial charge >= 0.3 is 0 Å². The van der Waals surface area contributed by atoms with Crippen molar-refractivity contribution in [3.8, 4) is 0 Å². The average Bonchev–Trinajstić information content (AvgIpc) is 1.61. The van der Waals surface area contributed by atoms with Crippen molar-refractivity contribution in [1.29, 1.82) is 0 Å². The SMILES string of the molecule is C=S(C)(=O)c1ccc(C(=O)CC2(O)C(=O)Nc3c(Cl)ccc(Cl)c32)cc1.CC(C)c1ccc(C(=O)CC2(O)C(=O)Nc3c(Cl)ccc(Cl)c32)cc1.CS(=O)(=O)c1ccc(C(=O)CC2(O)C(=O)Nc3c(Cl)ccc(Cl)c32)cc1.O=C(CC1(O)C(=O)Nc2c(Cl)ccc(Cl)c21)c1ccc(N2CC2)cc1. The van der Waals surface area contributed by atoms with Gasteiger partial charge in [0.15, 0.2) is 55.4 Å². The third kappa shape index (κ3) is 15.4. The number of aliphatic hydroxyl groups is 4. The fourth-order valence-corrected chi connectivity index (χ4v) is 15.1. The standard InChI is InChI=1S/C19H17Cl2NO3.C18H14Cl2N2O3.C18H15Cl2NO4S.C17H13Cl2NO5S/c1-10(2)11-3-5-12(6-4-11)15(23)9-19(25)16-13(20)7-8-14(21)17(16)22-18(19)24;19-12-5-6-13(20)16-15(12)18(25,17(24)21-16)9-14(23)10-1-3-11(4-2-10)22-7-8-22;1-26(2,25)11-5-3-10(4-6-11)14(22)9-18(24)15-12(19)7-8-13(20)16(15)21-17(18)23;1-26(24,25)10-4-2-9(3-5-10)13(21)8-17(23)14-11(18)6-7-12(19)15(14)20-16(17)22/h3-8,10,25H,9H2,1-2H3,(H,22,24);1-6,25H,7-9H2,(H,21,24);3-8,24H,1,9H2,2H3,(H,21,23);2-7,23H,8H2,1H3,(H,20,22). The number of amides is 4. The molecule has 0 radical (unpaired) electrons. The van der Waals surface area contributed by atoms with Crippen molar-refractivity contribution in [2.75, 3.05) is 51.8 Å². The highest BCUT2D eigenvalue weighted by atomic mass is 35.5. The van der Waals surface area contributed by atoms with Gasteiger partial charge < -0.3 is 46.6 Å². The van der Waals surface area contributed by atoms with Crippen molar-refractivity contribution in [3.05, 3.63) is 236 Å². The second kappa shape index (κ2) is 29.4. The van der Waals surface area contributed by atoms with Gasteiger partial charge in [-0.3, -0.25) is 42.6 Å². The largest absolute Gasteiger partial charge is 0.375 e. The lowest BCUT2D eigenvalue weighted by molar-refractivity contribution is -0.133. The molecule has 0 saturated carbocycles. The number of nitrogens with one attached hydrogen (secondary N) is 4. The van der Waals surface area contributed by atoms with Crippen molar-refractivity contribution in [2.24, 2.45) is 0 Å². The molecule has 530 valence electrons. The Morgan fingerprint density at radius 1 is 0.402 bits per heavy atom. The van der Waals surface area contributed by atoms with Crippen molar-refractivity contribution in [3.63, 3.8) is 0 Å². The number of benzene rings is 8. The number of carbonyl (C=O) groups excluding carboxylic acids is 8. The van der Waals surface area contributed by atoms with Crippen LogP contribution in [0.15, 0.2) is 155 Å². The van der Waals surface area contributed by atoms with E-state index in [0.717, 1.165) is 30.6 Å². The van der Waals surface area contributed by atoms with E-state index in [9.17, 15) is 71.4 Å². The van der Waals surface area contributed by atoms with Crippen LogP contribution in [0.1, 0.15) is 115 Å². The predicted molar refractivity (Wildman–Crippen MR) is 396 cm³/mol. The van der Waals surface area contributed by atoms with Gasteiger partial charge in [0.05, 0.1) is 73.4 Å². The molecular weight excluding hydrogens is 1520 g/mol. The normalized spacial score (nSPS) is 20.1. The summed E-state index contributed by atoms with van der Waals surface area (Å²) in [5, 5.41) is 55.1. The third-order valence-corrected chi connectivity index (χ3v) is 22.3. The lowest BCUT2D eigenvalue weighted by Gasteiger charge is -2.21. The molecule has 13 rings (SSSR count). The van der Waals surface area contributed by atoms with Crippen molar-refractivity contribution < 1.29 is 71.4 Å². The maximum atomic E-state index is 12.6. The van der Waals surface area contributed by atoms with Gasteiger partial charge in [-0.25, -0.2) is 8.42 Å². The number of ketones is 4. The highest BCUT2D eigenvalue weighted by Crippen LogP contribution is 2.51. The van der Waals surface area contributed by atoms with Gasteiger partial charge in [-0.2, -0.15) is 0 Å². The summed E-state index contributed by atoms with van der Waals surface area (Å²) in [6.07, 6.45) is 0.666. The average molecular weight is 1580 g/mol. The molecule has 8 aromatic carbocycles. The van der Waals surface area contributed by atoms with E-state index in [1.807, 2.05) is 24.3 Å². The van der Waals surface area contributed by atoms with E-state index in [2.05, 4.69) is 45.9 Å². The number of sulfone groups is 1. The molecule has 5 atom stereocenters. The molecule has 0 aromatic heterocycles. The Labute approximate surface area is 625 Å². The van der Waals surface area contributed by atoms with E-state index < -0.39 is 103 Å². The Morgan fingerprint density at radius 3 is 0.873 bits per heavy atom. The zero-order chi connectivity index (χ0) is 74.7. The number of rotatable bonds is 16. The van der Waals surface area contributed by atoms with Gasteiger partial charge in [0.1, 0.15) is 0 Å². The van der Waals surface area contributed by atoms with Gasteiger partial charge in [-0.15, -0.1) is 0 Å². The van der Waals surface area contributed by atoms with Crippen LogP contribution < -0.4 is 26.2 Å². The summed E-state index contributed by atoms with van der Waals surface area (Å²) in [4.78, 5) is 102. The summed E-state index contributed by atoms with van der Waals surface area (Å²) < 4.78 is 34.9. The van der Waals surface area contributed by atoms with Crippen molar-refractivity contribution >= 4 is 193 Å². The number of nitrogens with zero attached hydrogens (tertiary/aromatic N) is 1. The van der Waals surface area contributed by atoms with Crippen LogP contribution in [-0.4, -0.2) is 111 Å². The van der Waals surface area contributed by atoms with Gasteiger partial charge in [0, 0.05) is 101 Å². The van der Waals surface area contributed by atoms with Crippen LogP contribution in [-0.2, 0) is 60.9 Å². The van der Waals surface area contributed by atoms with Crippen LogP contribution in [0.25, 0.3) is 0 Å². The Kier molecular flexibility index (Phi) is 22.2. The van der Waals surface area contributed by atoms with Crippen LogP contribution in [0.3, 0.4) is 0 Å². The number of carbonyl (C=O) groups is 8. The van der Waals surface area contributed by atoms with E-state index in [-0.39, 0.29) is 113 Å². The van der Waals surface area contributed by atoms with E-state index in [1.165, 1.54) is 91.2 Å².